The van der Waals surface area contributed by atoms with Gasteiger partial charge in [0, 0.05) is 51.3 Å². The van der Waals surface area contributed by atoms with E-state index in [9.17, 15) is 0 Å². The molecule has 1 fully saturated rings. The summed E-state index contributed by atoms with van der Waals surface area (Å²) in [6.45, 7) is 40.4. The van der Waals surface area contributed by atoms with E-state index in [-0.39, 0.29) is 56.5 Å². The number of rotatable bonds is 3. The summed E-state index contributed by atoms with van der Waals surface area (Å²) in [6.07, 6.45) is 15.3. The van der Waals surface area contributed by atoms with Gasteiger partial charge in [0.15, 0.2) is 0 Å². The number of hydrogen-bond donors (Lipinski definition) is 0. The number of hydrogen-bond acceptors (Lipinski definition) is 3. The van der Waals surface area contributed by atoms with Gasteiger partial charge < -0.3 is 4.90 Å². The van der Waals surface area contributed by atoms with E-state index in [2.05, 4.69) is 218 Å². The van der Waals surface area contributed by atoms with Gasteiger partial charge in [0.05, 0.1) is 0 Å². The van der Waals surface area contributed by atoms with Crippen molar-refractivity contribution in [1.82, 2.24) is 0 Å². The van der Waals surface area contributed by atoms with Crippen LogP contribution in [0.5, 0.6) is 0 Å². The van der Waals surface area contributed by atoms with E-state index in [1.807, 2.05) is 0 Å². The molecular weight excluding hydrogens is 876 g/mol. The quantitative estimate of drug-likeness (QED) is 0.165. The highest BCUT2D eigenvalue weighted by atomic mass is 32.1. The molecule has 1 saturated carbocycles. The average Bonchev–Trinajstić information content (AvgIpc) is 3.99. The summed E-state index contributed by atoms with van der Waals surface area (Å²) in [5, 5.41) is 1.45. The topological polar surface area (TPSA) is 15.6 Å². The Balaban J connectivity index is 1.22. The van der Waals surface area contributed by atoms with Crippen LogP contribution in [0.15, 0.2) is 107 Å². The maximum Gasteiger partial charge on any atom is 0.256 e. The maximum absolute atomic E-state index is 5.27. The molecular formula is C67H81BN2S. The van der Waals surface area contributed by atoms with Gasteiger partial charge in [-0.2, -0.15) is 0 Å². The number of thiophene rings is 1. The van der Waals surface area contributed by atoms with Gasteiger partial charge in [-0.25, -0.2) is 0 Å². The fourth-order valence-electron chi connectivity index (χ4n) is 14.8. The van der Waals surface area contributed by atoms with Gasteiger partial charge in [-0.05, 0) is 185 Å². The number of fused-ring (bicyclic) bond motifs is 9. The van der Waals surface area contributed by atoms with Crippen LogP contribution in [0.2, 0.25) is 0 Å². The van der Waals surface area contributed by atoms with E-state index >= 15 is 0 Å². The van der Waals surface area contributed by atoms with E-state index in [1.165, 1.54) is 109 Å². The Kier molecular flexibility index (Phi) is 10.3. The summed E-state index contributed by atoms with van der Waals surface area (Å²) in [4.78, 5) is 7.98. The molecule has 12 rings (SSSR count). The highest BCUT2D eigenvalue weighted by molar-refractivity contribution is 7.32. The summed E-state index contributed by atoms with van der Waals surface area (Å²) >= 11 is 2.12. The smallest absolute Gasteiger partial charge is 0.256 e. The molecule has 0 amide bonds. The third kappa shape index (κ3) is 7.38. The van der Waals surface area contributed by atoms with Crippen LogP contribution in [0.3, 0.4) is 0 Å². The van der Waals surface area contributed by atoms with Gasteiger partial charge in [0.1, 0.15) is 0 Å². The van der Waals surface area contributed by atoms with Crippen molar-refractivity contribution >= 4 is 61.5 Å². The zero-order valence-corrected chi connectivity index (χ0v) is 47.1. The van der Waals surface area contributed by atoms with Crippen molar-refractivity contribution in [3.63, 3.8) is 0 Å². The molecule has 5 aromatic rings. The molecule has 5 atom stereocenters. The fourth-order valence-corrected chi connectivity index (χ4v) is 16.1. The van der Waals surface area contributed by atoms with E-state index in [0.29, 0.717) is 0 Å². The van der Waals surface area contributed by atoms with Crippen molar-refractivity contribution in [2.75, 3.05) is 11.4 Å². The first-order valence-corrected chi connectivity index (χ1v) is 28.5. The molecule has 4 heterocycles. The Morgan fingerprint density at radius 2 is 1.27 bits per heavy atom. The Hall–Kier alpha value is -4.41. The molecule has 4 aromatic carbocycles. The lowest BCUT2D eigenvalue weighted by Gasteiger charge is -2.47. The van der Waals surface area contributed by atoms with E-state index in [1.54, 1.807) is 27.7 Å². The van der Waals surface area contributed by atoms with Gasteiger partial charge in [0.25, 0.3) is 6.71 Å². The van der Waals surface area contributed by atoms with E-state index in [0.717, 1.165) is 18.4 Å². The number of benzene rings is 4. The van der Waals surface area contributed by atoms with Crippen molar-refractivity contribution in [2.45, 2.75) is 182 Å². The summed E-state index contributed by atoms with van der Waals surface area (Å²) in [5.41, 5.74) is 22.2. The zero-order valence-electron chi connectivity index (χ0n) is 46.3. The molecule has 5 unspecified atom stereocenters. The predicted octanol–water partition coefficient (Wildman–Crippen LogP) is 16.5. The highest BCUT2D eigenvalue weighted by Crippen LogP contribution is 2.58. The monoisotopic (exact) mass is 957 g/mol. The molecule has 0 radical (unpaired) electrons. The Bertz CT molecular complexity index is 3200. The highest BCUT2D eigenvalue weighted by Gasteiger charge is 2.52. The minimum Gasteiger partial charge on any atom is -0.312 e. The Labute approximate surface area is 432 Å². The fraction of sp³-hybridized carbons (Fsp3) is 0.507. The van der Waals surface area contributed by atoms with Crippen molar-refractivity contribution < 1.29 is 0 Å². The summed E-state index contributed by atoms with van der Waals surface area (Å²) in [5.74, 6) is 1.94. The SMILES string of the molecule is CC1C(C2(C)C=NCC3CC3C2)=CC2=C3B(c4cc(C(C)(C)C)ccc4N2c2ccc(C(C)(C)C)cc2)c2sc4cc5c(cc4c2C(c2ccc4c(c2)C(C)(C)CCC4(C)C)=CC31)C(C)(C)CCC5(C)C. The molecule has 1 aromatic heterocycles. The summed E-state index contributed by atoms with van der Waals surface area (Å²) < 4.78 is 2.97. The van der Waals surface area contributed by atoms with Crippen LogP contribution < -0.4 is 15.1 Å². The van der Waals surface area contributed by atoms with Crippen LogP contribution in [0, 0.1) is 29.1 Å². The lowest BCUT2D eigenvalue weighted by atomic mass is 9.33. The Morgan fingerprint density at radius 1 is 0.662 bits per heavy atom. The second-order valence-corrected chi connectivity index (χ2v) is 29.9. The average molecular weight is 957 g/mol. The zero-order chi connectivity index (χ0) is 50.3. The van der Waals surface area contributed by atoms with Crippen LogP contribution >= 0.6 is 11.3 Å². The van der Waals surface area contributed by atoms with Gasteiger partial charge in [0.2, 0.25) is 0 Å². The van der Waals surface area contributed by atoms with Crippen molar-refractivity contribution in [1.29, 1.82) is 0 Å². The minimum absolute atomic E-state index is 0.0135. The molecule has 2 nitrogen and oxygen atoms in total. The minimum atomic E-state index is -0.127. The maximum atomic E-state index is 5.27. The lowest BCUT2D eigenvalue weighted by molar-refractivity contribution is 0.332. The largest absolute Gasteiger partial charge is 0.312 e. The van der Waals surface area contributed by atoms with Crippen LogP contribution in [-0.2, 0) is 32.5 Å². The standard InChI is InChI=1S/C67H81BN2S/c1-39-46-32-47(40-17-23-49-51(30-40)64(10,11)26-25-63(49,8)9)58-48-33-52-53(66(14,15)28-27-65(52,12)13)35-57(48)71-60(58)68-54-31-44(62(5,6)7)20-24-55(54)70(45-21-18-43(19-22-45)61(2,3)4)56(59(46)68)34-50(39)67(16)36-41-29-42(41)37-69-38-67/h17-24,30-35,38-39,41-42,46H,25-29,36-37H2,1-16H3. The predicted molar refractivity (Wildman–Crippen MR) is 309 cm³/mol. The van der Waals surface area contributed by atoms with Gasteiger partial charge in [-0.15, -0.1) is 11.3 Å². The molecule has 368 valence electrons. The molecule has 4 heteroatoms. The molecule has 0 saturated heterocycles. The van der Waals surface area contributed by atoms with Crippen molar-refractivity contribution in [3.05, 3.63) is 146 Å². The van der Waals surface area contributed by atoms with Crippen LogP contribution in [0.4, 0.5) is 11.4 Å². The first kappa shape index (κ1) is 47.6. The second-order valence-electron chi connectivity index (χ2n) is 28.8. The van der Waals surface area contributed by atoms with Crippen LogP contribution in [0.25, 0.3) is 15.7 Å². The Morgan fingerprint density at radius 3 is 1.92 bits per heavy atom. The molecule has 4 aliphatic carbocycles. The van der Waals surface area contributed by atoms with E-state index < -0.39 is 0 Å². The van der Waals surface area contributed by atoms with Gasteiger partial charge >= 0.3 is 0 Å². The number of nitrogens with zero attached hydrogens (tertiary/aromatic N) is 2. The third-order valence-electron chi connectivity index (χ3n) is 19.8. The molecule has 0 bridgehead atoms. The third-order valence-corrected chi connectivity index (χ3v) is 21.0. The van der Waals surface area contributed by atoms with Crippen LogP contribution in [-0.4, -0.2) is 19.5 Å². The van der Waals surface area contributed by atoms with E-state index in [4.69, 9.17) is 4.99 Å². The number of anilines is 2. The second kappa shape index (κ2) is 15.3. The van der Waals surface area contributed by atoms with Crippen molar-refractivity contribution in [2.24, 2.45) is 34.1 Å². The first-order chi connectivity index (χ1) is 33.2. The van der Waals surface area contributed by atoms with Crippen molar-refractivity contribution in [3.8, 4) is 0 Å². The number of allylic oxidation sites excluding steroid dienone is 4. The molecule has 3 aliphatic heterocycles. The lowest BCUT2D eigenvalue weighted by Crippen LogP contribution is -2.53. The van der Waals surface area contributed by atoms with Gasteiger partial charge in [-0.1, -0.05) is 170 Å². The first-order valence-electron chi connectivity index (χ1n) is 27.7. The molecule has 7 aliphatic rings. The normalized spacial score (nSPS) is 27.5. The van der Waals surface area contributed by atoms with Crippen LogP contribution in [0.1, 0.15) is 194 Å². The molecule has 71 heavy (non-hydrogen) atoms. The summed E-state index contributed by atoms with van der Waals surface area (Å²) in [6, 6.07) is 30.4. The summed E-state index contributed by atoms with van der Waals surface area (Å²) in [7, 11) is 0. The number of aliphatic imine (C=N–C) groups is 1. The van der Waals surface area contributed by atoms with Gasteiger partial charge in [-0.3, -0.25) is 4.99 Å². The molecule has 0 N–H and O–H groups in total. The molecule has 0 spiro atoms.